The number of nitriles is 1. The number of carboxylic acids is 1. The summed E-state index contributed by atoms with van der Waals surface area (Å²) >= 11 is 6.34. The zero-order chi connectivity index (χ0) is 17.3. The second-order valence-electron chi connectivity index (χ2n) is 5.05. The number of methoxy groups -OCH3 is 1. The second kappa shape index (κ2) is 6.19. The summed E-state index contributed by atoms with van der Waals surface area (Å²) in [5.74, 6) is -0.557. The molecule has 2 aromatic carbocycles. The first kappa shape index (κ1) is 15.8. The molecule has 0 saturated heterocycles. The van der Waals surface area contributed by atoms with Gasteiger partial charge in [0, 0.05) is 22.7 Å². The van der Waals surface area contributed by atoms with Crippen LogP contribution in [0.2, 0.25) is 5.02 Å². The largest absolute Gasteiger partial charge is 0.496 e. The lowest BCUT2D eigenvalue weighted by Crippen LogP contribution is -1.97. The summed E-state index contributed by atoms with van der Waals surface area (Å²) in [4.78, 5) is 15.5. The Kier molecular flexibility index (Phi) is 4.07. The minimum Gasteiger partial charge on any atom is -0.496 e. The van der Waals surface area contributed by atoms with Crippen molar-refractivity contribution in [2.75, 3.05) is 7.11 Å². The molecule has 1 aromatic heterocycles. The summed E-state index contributed by atoms with van der Waals surface area (Å²) in [6.45, 7) is 0. The SMILES string of the molecule is COc1cc(C#N)ccc1-c1c(Cl)cnc2ccc(C(=O)O)cc12. The van der Waals surface area contributed by atoms with Crippen LogP contribution in [0.3, 0.4) is 0 Å². The number of carboxylic acid groups (broad SMARTS) is 1. The molecule has 3 rings (SSSR count). The molecule has 1 N–H and O–H groups in total. The van der Waals surface area contributed by atoms with Gasteiger partial charge in [-0.25, -0.2) is 4.79 Å². The number of aromatic carboxylic acids is 1. The number of benzene rings is 2. The fourth-order valence-corrected chi connectivity index (χ4v) is 2.79. The zero-order valence-corrected chi connectivity index (χ0v) is 13.3. The predicted molar refractivity (Wildman–Crippen MR) is 90.4 cm³/mol. The van der Waals surface area contributed by atoms with Crippen LogP contribution in [0, 0.1) is 11.3 Å². The van der Waals surface area contributed by atoms with Crippen LogP contribution in [0.25, 0.3) is 22.0 Å². The number of nitrogens with zero attached hydrogens (tertiary/aromatic N) is 2. The number of pyridine rings is 1. The van der Waals surface area contributed by atoms with E-state index in [4.69, 9.17) is 21.6 Å². The van der Waals surface area contributed by atoms with Crippen molar-refractivity contribution in [2.24, 2.45) is 0 Å². The highest BCUT2D eigenvalue weighted by atomic mass is 35.5. The van der Waals surface area contributed by atoms with E-state index < -0.39 is 5.97 Å². The molecule has 6 heteroatoms. The van der Waals surface area contributed by atoms with Gasteiger partial charge in [0.15, 0.2) is 0 Å². The topological polar surface area (TPSA) is 83.2 Å². The molecule has 1 heterocycles. The average Bonchev–Trinajstić information content (AvgIpc) is 2.60. The van der Waals surface area contributed by atoms with Gasteiger partial charge in [-0.15, -0.1) is 0 Å². The Balaban J connectivity index is 2.37. The molecule has 0 saturated carbocycles. The van der Waals surface area contributed by atoms with Crippen molar-refractivity contribution < 1.29 is 14.6 Å². The highest BCUT2D eigenvalue weighted by Gasteiger charge is 2.16. The van der Waals surface area contributed by atoms with Crippen LogP contribution in [0.1, 0.15) is 15.9 Å². The van der Waals surface area contributed by atoms with Crippen molar-refractivity contribution in [1.82, 2.24) is 4.98 Å². The van der Waals surface area contributed by atoms with E-state index in [0.717, 1.165) is 0 Å². The fourth-order valence-electron chi connectivity index (χ4n) is 2.54. The molecule has 5 nitrogen and oxygen atoms in total. The van der Waals surface area contributed by atoms with Crippen LogP contribution in [0.15, 0.2) is 42.6 Å². The van der Waals surface area contributed by atoms with E-state index in [1.54, 1.807) is 24.3 Å². The van der Waals surface area contributed by atoms with Crippen molar-refractivity contribution in [2.45, 2.75) is 0 Å². The monoisotopic (exact) mass is 338 g/mol. The number of hydrogen-bond donors (Lipinski definition) is 1. The molecule has 0 atom stereocenters. The molecule has 0 amide bonds. The minimum absolute atomic E-state index is 0.139. The summed E-state index contributed by atoms with van der Waals surface area (Å²) in [7, 11) is 1.50. The van der Waals surface area contributed by atoms with Crippen molar-refractivity contribution in [3.63, 3.8) is 0 Å². The first-order valence-corrected chi connectivity index (χ1v) is 7.33. The molecule has 0 aliphatic rings. The Labute approximate surface area is 142 Å². The van der Waals surface area contributed by atoms with Gasteiger partial charge in [-0.3, -0.25) is 4.98 Å². The summed E-state index contributed by atoms with van der Waals surface area (Å²) in [5.41, 5.74) is 2.49. The fraction of sp³-hybridized carbons (Fsp3) is 0.0556. The van der Waals surface area contributed by atoms with Gasteiger partial charge in [0.2, 0.25) is 0 Å². The maximum absolute atomic E-state index is 11.3. The first-order chi connectivity index (χ1) is 11.5. The third-order valence-electron chi connectivity index (χ3n) is 3.67. The number of ether oxygens (including phenoxy) is 1. The molecular weight excluding hydrogens is 328 g/mol. The van der Waals surface area contributed by atoms with E-state index in [2.05, 4.69) is 11.1 Å². The van der Waals surface area contributed by atoms with Crippen LogP contribution < -0.4 is 4.74 Å². The van der Waals surface area contributed by atoms with Crippen molar-refractivity contribution in [1.29, 1.82) is 5.26 Å². The highest BCUT2D eigenvalue weighted by Crippen LogP contribution is 2.39. The predicted octanol–water partition coefficient (Wildman–Crippen LogP) is 4.13. The summed E-state index contributed by atoms with van der Waals surface area (Å²) < 4.78 is 5.38. The maximum atomic E-state index is 11.3. The normalized spacial score (nSPS) is 10.4. The first-order valence-electron chi connectivity index (χ1n) is 6.95. The zero-order valence-electron chi connectivity index (χ0n) is 12.6. The molecule has 0 unspecified atom stereocenters. The van der Waals surface area contributed by atoms with Gasteiger partial charge >= 0.3 is 5.97 Å². The highest BCUT2D eigenvalue weighted by molar-refractivity contribution is 6.35. The summed E-state index contributed by atoms with van der Waals surface area (Å²) in [6.07, 6.45) is 1.51. The van der Waals surface area contributed by atoms with Crippen LogP contribution in [-0.2, 0) is 0 Å². The van der Waals surface area contributed by atoms with E-state index in [1.807, 2.05) is 0 Å². The Bertz CT molecular complexity index is 1010. The van der Waals surface area contributed by atoms with E-state index in [9.17, 15) is 9.90 Å². The lowest BCUT2D eigenvalue weighted by molar-refractivity contribution is 0.0697. The molecule has 0 radical (unpaired) electrons. The number of halogens is 1. The van der Waals surface area contributed by atoms with Gasteiger partial charge in [0.25, 0.3) is 0 Å². The van der Waals surface area contributed by atoms with Gasteiger partial charge in [-0.1, -0.05) is 11.6 Å². The number of hydrogen-bond acceptors (Lipinski definition) is 4. The Morgan fingerprint density at radius 3 is 2.75 bits per heavy atom. The second-order valence-corrected chi connectivity index (χ2v) is 5.45. The Morgan fingerprint density at radius 1 is 1.29 bits per heavy atom. The number of rotatable bonds is 3. The quantitative estimate of drug-likeness (QED) is 0.776. The van der Waals surface area contributed by atoms with Gasteiger partial charge in [-0.2, -0.15) is 5.26 Å². The molecule has 0 bridgehead atoms. The molecule has 0 spiro atoms. The molecule has 0 aliphatic heterocycles. The number of fused-ring (bicyclic) bond motifs is 1. The maximum Gasteiger partial charge on any atom is 0.335 e. The van der Waals surface area contributed by atoms with Crippen LogP contribution in [-0.4, -0.2) is 23.2 Å². The van der Waals surface area contributed by atoms with Crippen molar-refractivity contribution >= 4 is 28.5 Å². The number of aromatic nitrogens is 1. The lowest BCUT2D eigenvalue weighted by atomic mass is 9.98. The Hall–Kier alpha value is -3.10. The van der Waals surface area contributed by atoms with E-state index in [0.29, 0.717) is 38.4 Å². The third kappa shape index (κ3) is 2.64. The van der Waals surface area contributed by atoms with Crippen LogP contribution in [0.5, 0.6) is 5.75 Å². The van der Waals surface area contributed by atoms with E-state index in [-0.39, 0.29) is 5.56 Å². The van der Waals surface area contributed by atoms with Crippen molar-refractivity contribution in [3.05, 3.63) is 58.7 Å². The molecule has 0 fully saturated rings. The summed E-state index contributed by atoms with van der Waals surface area (Å²) in [5, 5.41) is 19.2. The van der Waals surface area contributed by atoms with Gasteiger partial charge < -0.3 is 9.84 Å². The molecular formula is C18H11ClN2O3. The van der Waals surface area contributed by atoms with E-state index in [1.165, 1.54) is 25.4 Å². The van der Waals surface area contributed by atoms with Crippen LogP contribution in [0.4, 0.5) is 0 Å². The van der Waals surface area contributed by atoms with Crippen molar-refractivity contribution in [3.8, 4) is 22.9 Å². The molecule has 0 aliphatic carbocycles. The Morgan fingerprint density at radius 2 is 2.08 bits per heavy atom. The standard InChI is InChI=1S/C18H11ClN2O3/c1-24-16-6-10(8-20)2-4-12(16)17-13-7-11(18(22)23)3-5-15(13)21-9-14(17)19/h2-7,9H,1H3,(H,22,23). The molecule has 24 heavy (non-hydrogen) atoms. The molecule has 118 valence electrons. The van der Waals surface area contributed by atoms with Gasteiger partial charge in [0.1, 0.15) is 5.75 Å². The van der Waals surface area contributed by atoms with Crippen LogP contribution >= 0.6 is 11.6 Å². The minimum atomic E-state index is -1.03. The molecule has 3 aromatic rings. The lowest BCUT2D eigenvalue weighted by Gasteiger charge is -2.13. The third-order valence-corrected chi connectivity index (χ3v) is 3.96. The average molecular weight is 339 g/mol. The summed E-state index contributed by atoms with van der Waals surface area (Å²) in [6, 6.07) is 11.7. The smallest absolute Gasteiger partial charge is 0.335 e. The van der Waals surface area contributed by atoms with Gasteiger partial charge in [-0.05, 0) is 36.4 Å². The number of carbonyl (C=O) groups is 1. The van der Waals surface area contributed by atoms with Gasteiger partial charge in [0.05, 0.1) is 34.8 Å². The van der Waals surface area contributed by atoms with E-state index >= 15 is 0 Å².